The van der Waals surface area contributed by atoms with Crippen LogP contribution >= 0.6 is 0 Å². The molecule has 8 heteroatoms. The molecule has 2 rings (SSSR count). The van der Waals surface area contributed by atoms with Gasteiger partial charge in [-0.05, 0) is 30.7 Å². The van der Waals surface area contributed by atoms with Crippen LogP contribution in [0.1, 0.15) is 28.4 Å². The van der Waals surface area contributed by atoms with Gasteiger partial charge < -0.3 is 15.2 Å². The number of carbonyl (C=O) groups is 2. The standard InChI is InChI=1S/C18H16F3NO4/c1-11(16(23)24)22-15-8-7-13(18(19,20)21)9-14(15)17(25)26-10-12-5-3-2-4-6-12/h2-9,11,22H,10H2,1H3,(H,23,24). The lowest BCUT2D eigenvalue weighted by molar-refractivity contribution is -0.138. The predicted octanol–water partition coefficient (Wildman–Crippen LogP) is 3.95. The Labute approximate surface area is 147 Å². The maximum Gasteiger partial charge on any atom is 0.416 e. The van der Waals surface area contributed by atoms with Gasteiger partial charge >= 0.3 is 18.1 Å². The lowest BCUT2D eigenvalue weighted by Crippen LogP contribution is -2.26. The van der Waals surface area contributed by atoms with Crippen molar-refractivity contribution in [2.24, 2.45) is 0 Å². The van der Waals surface area contributed by atoms with E-state index in [2.05, 4.69) is 5.32 Å². The Morgan fingerprint density at radius 2 is 1.81 bits per heavy atom. The number of rotatable bonds is 6. The first-order valence-electron chi connectivity index (χ1n) is 7.60. The molecule has 5 nitrogen and oxygen atoms in total. The minimum absolute atomic E-state index is 0.0500. The zero-order chi connectivity index (χ0) is 19.3. The van der Waals surface area contributed by atoms with E-state index < -0.39 is 29.7 Å². The van der Waals surface area contributed by atoms with E-state index in [-0.39, 0.29) is 17.9 Å². The van der Waals surface area contributed by atoms with E-state index in [1.165, 1.54) is 6.92 Å². The second-order valence-electron chi connectivity index (χ2n) is 5.52. The molecule has 0 fully saturated rings. The van der Waals surface area contributed by atoms with Crippen molar-refractivity contribution in [3.05, 3.63) is 65.2 Å². The number of ether oxygens (including phenoxy) is 1. The molecule has 0 radical (unpaired) electrons. The first kappa shape index (κ1) is 19.3. The van der Waals surface area contributed by atoms with Crippen LogP contribution in [0.5, 0.6) is 0 Å². The molecule has 0 aliphatic heterocycles. The van der Waals surface area contributed by atoms with E-state index in [0.29, 0.717) is 11.6 Å². The largest absolute Gasteiger partial charge is 0.480 e. The highest BCUT2D eigenvalue weighted by Crippen LogP contribution is 2.32. The number of alkyl halides is 3. The van der Waals surface area contributed by atoms with Gasteiger partial charge in [0.05, 0.1) is 11.1 Å². The van der Waals surface area contributed by atoms with Crippen molar-refractivity contribution in [3.8, 4) is 0 Å². The molecule has 2 N–H and O–H groups in total. The Morgan fingerprint density at radius 1 is 1.15 bits per heavy atom. The zero-order valence-corrected chi connectivity index (χ0v) is 13.7. The fourth-order valence-electron chi connectivity index (χ4n) is 2.11. The molecule has 0 heterocycles. The normalized spacial score (nSPS) is 12.3. The first-order chi connectivity index (χ1) is 12.2. The Kier molecular flexibility index (Phi) is 5.86. The van der Waals surface area contributed by atoms with Gasteiger partial charge in [0, 0.05) is 5.69 Å². The topological polar surface area (TPSA) is 75.6 Å². The maximum absolute atomic E-state index is 12.9. The van der Waals surface area contributed by atoms with Gasteiger partial charge in [-0.2, -0.15) is 13.2 Å². The molecule has 2 aromatic rings. The summed E-state index contributed by atoms with van der Waals surface area (Å²) in [5, 5.41) is 11.4. The van der Waals surface area contributed by atoms with Gasteiger partial charge in [-0.25, -0.2) is 4.79 Å². The number of esters is 1. The summed E-state index contributed by atoms with van der Waals surface area (Å²) in [6.07, 6.45) is -4.65. The molecule has 1 atom stereocenters. The van der Waals surface area contributed by atoms with E-state index in [1.807, 2.05) is 0 Å². The van der Waals surface area contributed by atoms with Crippen LogP contribution < -0.4 is 5.32 Å². The SMILES string of the molecule is CC(Nc1ccc(C(F)(F)F)cc1C(=O)OCc1ccccc1)C(=O)O. The van der Waals surface area contributed by atoms with Crippen molar-refractivity contribution in [2.45, 2.75) is 25.7 Å². The van der Waals surface area contributed by atoms with Crippen molar-refractivity contribution in [3.63, 3.8) is 0 Å². The van der Waals surface area contributed by atoms with Crippen LogP contribution in [0.3, 0.4) is 0 Å². The predicted molar refractivity (Wildman–Crippen MR) is 87.7 cm³/mol. The Morgan fingerprint density at radius 3 is 2.38 bits per heavy atom. The summed E-state index contributed by atoms with van der Waals surface area (Å²) in [6, 6.07) is 9.96. The molecule has 138 valence electrons. The number of hydrogen-bond donors (Lipinski definition) is 2. The van der Waals surface area contributed by atoms with Gasteiger partial charge in [-0.15, -0.1) is 0 Å². The third kappa shape index (κ3) is 4.98. The van der Waals surface area contributed by atoms with Crippen molar-refractivity contribution < 1.29 is 32.6 Å². The number of hydrogen-bond acceptors (Lipinski definition) is 4. The van der Waals surface area contributed by atoms with E-state index in [4.69, 9.17) is 9.84 Å². The Bertz CT molecular complexity index is 791. The first-order valence-corrected chi connectivity index (χ1v) is 7.60. The van der Waals surface area contributed by atoms with Gasteiger partial charge in [0.1, 0.15) is 12.6 Å². The molecular formula is C18H16F3NO4. The molecule has 0 aliphatic rings. The number of carbonyl (C=O) groups excluding carboxylic acids is 1. The highest BCUT2D eigenvalue weighted by molar-refractivity contribution is 5.96. The average molecular weight is 367 g/mol. The minimum Gasteiger partial charge on any atom is -0.480 e. The average Bonchev–Trinajstić information content (AvgIpc) is 2.59. The molecule has 0 aromatic heterocycles. The number of carboxylic acid groups (broad SMARTS) is 1. The zero-order valence-electron chi connectivity index (χ0n) is 13.7. The smallest absolute Gasteiger partial charge is 0.416 e. The third-order valence-corrected chi connectivity index (χ3v) is 3.52. The Hall–Kier alpha value is -3.03. The fraction of sp³-hybridized carbons (Fsp3) is 0.222. The Balaban J connectivity index is 2.28. The maximum atomic E-state index is 12.9. The van der Waals surface area contributed by atoms with Crippen LogP contribution in [0.15, 0.2) is 48.5 Å². The fourth-order valence-corrected chi connectivity index (χ4v) is 2.11. The summed E-state index contributed by atoms with van der Waals surface area (Å²) in [5.41, 5.74) is -0.797. The molecule has 0 saturated heterocycles. The van der Waals surface area contributed by atoms with E-state index in [1.54, 1.807) is 30.3 Å². The summed E-state index contributed by atoms with van der Waals surface area (Å²) in [5.74, 6) is -2.20. The van der Waals surface area contributed by atoms with Crippen molar-refractivity contribution in [1.82, 2.24) is 0 Å². The van der Waals surface area contributed by atoms with E-state index in [0.717, 1.165) is 12.1 Å². The molecule has 1 unspecified atom stereocenters. The molecule has 2 aromatic carbocycles. The third-order valence-electron chi connectivity index (χ3n) is 3.52. The monoisotopic (exact) mass is 367 g/mol. The second kappa shape index (κ2) is 7.90. The number of nitrogens with one attached hydrogen (secondary N) is 1. The van der Waals surface area contributed by atoms with Crippen molar-refractivity contribution in [2.75, 3.05) is 5.32 Å². The molecular weight excluding hydrogens is 351 g/mol. The van der Waals surface area contributed by atoms with Crippen molar-refractivity contribution in [1.29, 1.82) is 0 Å². The highest BCUT2D eigenvalue weighted by atomic mass is 19.4. The van der Waals surface area contributed by atoms with Gasteiger partial charge in [0.25, 0.3) is 0 Å². The van der Waals surface area contributed by atoms with E-state index in [9.17, 15) is 22.8 Å². The summed E-state index contributed by atoms with van der Waals surface area (Å²) in [7, 11) is 0. The minimum atomic E-state index is -4.65. The van der Waals surface area contributed by atoms with Gasteiger partial charge in [-0.1, -0.05) is 30.3 Å². The number of carboxylic acids is 1. The number of anilines is 1. The van der Waals surface area contributed by atoms with Crippen molar-refractivity contribution >= 4 is 17.6 Å². The highest BCUT2D eigenvalue weighted by Gasteiger charge is 2.32. The number of benzene rings is 2. The van der Waals surface area contributed by atoms with Crippen LogP contribution in [0.4, 0.5) is 18.9 Å². The lowest BCUT2D eigenvalue weighted by atomic mass is 10.1. The molecule has 0 bridgehead atoms. The van der Waals surface area contributed by atoms with E-state index >= 15 is 0 Å². The lowest BCUT2D eigenvalue weighted by Gasteiger charge is -2.16. The van der Waals surface area contributed by atoms with Gasteiger partial charge in [0.2, 0.25) is 0 Å². The molecule has 0 saturated carbocycles. The summed E-state index contributed by atoms with van der Waals surface area (Å²) in [6.45, 7) is 1.18. The van der Waals surface area contributed by atoms with Crippen LogP contribution in [-0.2, 0) is 22.3 Å². The summed E-state index contributed by atoms with van der Waals surface area (Å²) >= 11 is 0. The second-order valence-corrected chi connectivity index (χ2v) is 5.52. The summed E-state index contributed by atoms with van der Waals surface area (Å²) < 4.78 is 43.9. The summed E-state index contributed by atoms with van der Waals surface area (Å²) in [4.78, 5) is 23.3. The van der Waals surface area contributed by atoms with Gasteiger partial charge in [-0.3, -0.25) is 4.79 Å². The molecule has 0 amide bonds. The molecule has 0 aliphatic carbocycles. The van der Waals surface area contributed by atoms with Crippen LogP contribution in [-0.4, -0.2) is 23.1 Å². The molecule has 0 spiro atoms. The van der Waals surface area contributed by atoms with Crippen LogP contribution in [0.2, 0.25) is 0 Å². The van der Waals surface area contributed by atoms with Gasteiger partial charge in [0.15, 0.2) is 0 Å². The van der Waals surface area contributed by atoms with Crippen LogP contribution in [0.25, 0.3) is 0 Å². The molecule has 26 heavy (non-hydrogen) atoms. The number of halogens is 3. The quantitative estimate of drug-likeness (QED) is 0.756. The van der Waals surface area contributed by atoms with Crippen LogP contribution in [0, 0.1) is 0 Å². The number of aliphatic carboxylic acids is 1.